The number of nitrogens with zero attached hydrogens (tertiary/aromatic N) is 2. The van der Waals surface area contributed by atoms with Crippen molar-refractivity contribution in [3.05, 3.63) is 34.6 Å². The Kier molecular flexibility index (Phi) is 5.61. The Balaban J connectivity index is 1.58. The number of benzene rings is 1. The van der Waals surface area contributed by atoms with Crippen LogP contribution in [0.4, 0.5) is 4.39 Å². The second-order valence-corrected chi connectivity index (χ2v) is 7.43. The summed E-state index contributed by atoms with van der Waals surface area (Å²) in [5.41, 5.74) is 0.254. The van der Waals surface area contributed by atoms with Crippen molar-refractivity contribution in [1.29, 1.82) is 0 Å². The first-order valence-electron chi connectivity index (χ1n) is 8.92. The fraction of sp³-hybridized carbons (Fsp3) is 0.526. The van der Waals surface area contributed by atoms with Crippen molar-refractivity contribution in [2.75, 3.05) is 13.6 Å². The number of hydrogen-bond donors (Lipinski definition) is 0. The van der Waals surface area contributed by atoms with Gasteiger partial charge in [-0.2, -0.15) is 0 Å². The molecule has 1 aromatic rings. The first-order chi connectivity index (χ1) is 12.4. The fourth-order valence-corrected chi connectivity index (χ4v) is 4.08. The highest BCUT2D eigenvalue weighted by Gasteiger charge is 2.47. The first-order valence-corrected chi connectivity index (χ1v) is 9.30. The van der Waals surface area contributed by atoms with E-state index in [9.17, 15) is 18.8 Å². The Labute approximate surface area is 157 Å². The maximum Gasteiger partial charge on any atom is 0.233 e. The van der Waals surface area contributed by atoms with Crippen molar-refractivity contribution in [3.63, 3.8) is 0 Å². The normalized spacial score (nSPS) is 22.5. The van der Waals surface area contributed by atoms with E-state index in [1.807, 2.05) is 0 Å². The predicted octanol–water partition coefficient (Wildman–Crippen LogP) is 3.00. The summed E-state index contributed by atoms with van der Waals surface area (Å²) in [6.45, 7) is 0.121. The Bertz CT molecular complexity index is 695. The lowest BCUT2D eigenvalue weighted by molar-refractivity contribution is -0.140. The quantitative estimate of drug-likeness (QED) is 0.738. The standard InChI is InChI=1S/C19H22ClFN2O3/c1-22(11-14-15(20)7-4-8-16(14)21)17(24)9-10-23-18(25)12-5-2-3-6-13(12)19(23)26/h4,7-8,12-13H,2-3,5-6,9-11H2,1H3/t12-,13-/m0/s1. The number of imide groups is 1. The summed E-state index contributed by atoms with van der Waals surface area (Å²) >= 11 is 5.99. The monoisotopic (exact) mass is 380 g/mol. The summed E-state index contributed by atoms with van der Waals surface area (Å²) in [7, 11) is 1.55. The lowest BCUT2D eigenvalue weighted by Gasteiger charge is -2.20. The molecule has 1 aromatic carbocycles. The molecule has 1 heterocycles. The smallest absolute Gasteiger partial charge is 0.233 e. The Morgan fingerprint density at radius 1 is 1.23 bits per heavy atom. The molecule has 0 unspecified atom stereocenters. The molecule has 7 heteroatoms. The van der Waals surface area contributed by atoms with Crippen LogP contribution in [-0.4, -0.2) is 41.1 Å². The van der Waals surface area contributed by atoms with E-state index in [0.29, 0.717) is 0 Å². The van der Waals surface area contributed by atoms with Crippen molar-refractivity contribution in [3.8, 4) is 0 Å². The van der Waals surface area contributed by atoms with Gasteiger partial charge in [0.15, 0.2) is 0 Å². The van der Waals surface area contributed by atoms with Crippen molar-refractivity contribution in [1.82, 2.24) is 9.80 Å². The van der Waals surface area contributed by atoms with E-state index in [2.05, 4.69) is 0 Å². The van der Waals surface area contributed by atoms with Gasteiger partial charge in [0.2, 0.25) is 17.7 Å². The van der Waals surface area contributed by atoms with Crippen LogP contribution in [0, 0.1) is 17.7 Å². The minimum atomic E-state index is -0.467. The number of halogens is 2. The molecule has 2 aliphatic rings. The summed E-state index contributed by atoms with van der Waals surface area (Å²) < 4.78 is 13.9. The van der Waals surface area contributed by atoms with Crippen LogP contribution in [0.1, 0.15) is 37.7 Å². The minimum absolute atomic E-state index is 0.0273. The molecule has 3 amide bonds. The van der Waals surface area contributed by atoms with Crippen LogP contribution in [-0.2, 0) is 20.9 Å². The van der Waals surface area contributed by atoms with Gasteiger partial charge in [-0.25, -0.2) is 4.39 Å². The highest BCUT2D eigenvalue weighted by atomic mass is 35.5. The lowest BCUT2D eigenvalue weighted by Crippen LogP contribution is -2.36. The topological polar surface area (TPSA) is 57.7 Å². The summed E-state index contributed by atoms with van der Waals surface area (Å²) in [5.74, 6) is -1.44. The Morgan fingerprint density at radius 3 is 2.42 bits per heavy atom. The van der Waals surface area contributed by atoms with Gasteiger partial charge in [0.1, 0.15) is 5.82 Å². The van der Waals surface area contributed by atoms with Crippen molar-refractivity contribution in [2.45, 2.75) is 38.6 Å². The molecule has 3 rings (SSSR count). The molecule has 0 N–H and O–H groups in total. The van der Waals surface area contributed by atoms with Crippen LogP contribution in [0.25, 0.3) is 0 Å². The van der Waals surface area contributed by atoms with E-state index in [0.717, 1.165) is 25.7 Å². The molecule has 0 radical (unpaired) electrons. The van der Waals surface area contributed by atoms with Gasteiger partial charge in [0.05, 0.1) is 11.8 Å². The molecule has 5 nitrogen and oxygen atoms in total. The van der Waals surface area contributed by atoms with Gasteiger partial charge in [-0.15, -0.1) is 0 Å². The van der Waals surface area contributed by atoms with Gasteiger partial charge in [-0.1, -0.05) is 30.5 Å². The van der Waals surface area contributed by atoms with Crippen LogP contribution >= 0.6 is 11.6 Å². The third-order valence-electron chi connectivity index (χ3n) is 5.36. The van der Waals surface area contributed by atoms with Gasteiger partial charge in [-0.05, 0) is 25.0 Å². The molecular formula is C19H22ClFN2O3. The molecule has 0 bridgehead atoms. The molecule has 1 aliphatic heterocycles. The summed E-state index contributed by atoms with van der Waals surface area (Å²) in [6.07, 6.45) is 3.48. The molecule has 1 aliphatic carbocycles. The van der Waals surface area contributed by atoms with Gasteiger partial charge in [0, 0.05) is 37.1 Å². The van der Waals surface area contributed by atoms with E-state index in [1.54, 1.807) is 13.1 Å². The highest BCUT2D eigenvalue weighted by molar-refractivity contribution is 6.31. The third-order valence-corrected chi connectivity index (χ3v) is 5.72. The Morgan fingerprint density at radius 2 is 1.85 bits per heavy atom. The van der Waals surface area contributed by atoms with Crippen molar-refractivity contribution in [2.24, 2.45) is 11.8 Å². The third kappa shape index (κ3) is 3.61. The van der Waals surface area contributed by atoms with Crippen LogP contribution < -0.4 is 0 Å². The SMILES string of the molecule is CN(Cc1c(F)cccc1Cl)C(=O)CCN1C(=O)[C@H]2CCCC[C@@H]2C1=O. The highest BCUT2D eigenvalue weighted by Crippen LogP contribution is 2.38. The van der Waals surface area contributed by atoms with Crippen LogP contribution in [0.3, 0.4) is 0 Å². The summed E-state index contributed by atoms with van der Waals surface area (Å²) in [6, 6.07) is 4.37. The molecule has 1 saturated heterocycles. The number of fused-ring (bicyclic) bond motifs is 1. The van der Waals surface area contributed by atoms with Gasteiger partial charge in [0.25, 0.3) is 0 Å². The zero-order chi connectivity index (χ0) is 18.8. The number of likely N-dealkylation sites (tertiary alicyclic amines) is 1. The molecular weight excluding hydrogens is 359 g/mol. The zero-order valence-corrected chi connectivity index (χ0v) is 15.5. The van der Waals surface area contributed by atoms with Gasteiger partial charge in [-0.3, -0.25) is 19.3 Å². The molecule has 2 fully saturated rings. The van der Waals surface area contributed by atoms with Gasteiger partial charge >= 0.3 is 0 Å². The number of rotatable bonds is 5. The zero-order valence-electron chi connectivity index (χ0n) is 14.7. The maximum absolute atomic E-state index is 13.9. The van der Waals surface area contributed by atoms with Crippen LogP contribution in [0.5, 0.6) is 0 Å². The van der Waals surface area contributed by atoms with E-state index in [4.69, 9.17) is 11.6 Å². The van der Waals surface area contributed by atoms with Crippen molar-refractivity contribution >= 4 is 29.3 Å². The number of hydrogen-bond acceptors (Lipinski definition) is 3. The van der Waals surface area contributed by atoms with Crippen LogP contribution in [0.2, 0.25) is 5.02 Å². The molecule has 0 spiro atoms. The molecule has 2 atom stereocenters. The summed E-state index contributed by atoms with van der Waals surface area (Å²) in [5, 5.41) is 0.263. The van der Waals surface area contributed by atoms with E-state index >= 15 is 0 Å². The predicted molar refractivity (Wildman–Crippen MR) is 94.7 cm³/mol. The minimum Gasteiger partial charge on any atom is -0.341 e. The number of carbonyl (C=O) groups excluding carboxylic acids is 3. The Hall–Kier alpha value is -1.95. The average Bonchev–Trinajstić information content (AvgIpc) is 2.87. The van der Waals surface area contributed by atoms with E-state index in [1.165, 1.54) is 21.9 Å². The summed E-state index contributed by atoms with van der Waals surface area (Å²) in [4.78, 5) is 39.8. The maximum atomic E-state index is 13.9. The number of carbonyl (C=O) groups is 3. The second-order valence-electron chi connectivity index (χ2n) is 7.03. The largest absolute Gasteiger partial charge is 0.341 e. The fourth-order valence-electron chi connectivity index (χ4n) is 3.86. The molecule has 1 saturated carbocycles. The van der Waals surface area contributed by atoms with Gasteiger partial charge < -0.3 is 4.90 Å². The second kappa shape index (κ2) is 7.74. The molecule has 0 aromatic heterocycles. The molecule has 140 valence electrons. The average molecular weight is 381 g/mol. The van der Waals surface area contributed by atoms with E-state index in [-0.39, 0.29) is 59.7 Å². The lowest BCUT2D eigenvalue weighted by atomic mass is 9.81. The number of amides is 3. The van der Waals surface area contributed by atoms with Crippen LogP contribution in [0.15, 0.2) is 18.2 Å². The first kappa shape index (κ1) is 18.8. The van der Waals surface area contributed by atoms with E-state index < -0.39 is 5.82 Å². The van der Waals surface area contributed by atoms with Crippen molar-refractivity contribution < 1.29 is 18.8 Å². The molecule has 26 heavy (non-hydrogen) atoms.